The molecule has 1 aliphatic rings. The summed E-state index contributed by atoms with van der Waals surface area (Å²) in [6.45, 7) is 1.07. The van der Waals surface area contributed by atoms with E-state index in [4.69, 9.17) is 0 Å². The number of aromatic carboxylic acids is 1. The Morgan fingerprint density at radius 3 is 2.80 bits per heavy atom. The van der Waals surface area contributed by atoms with Gasteiger partial charge < -0.3 is 5.11 Å². The summed E-state index contributed by atoms with van der Waals surface area (Å²) in [5.41, 5.74) is 2.74. The van der Waals surface area contributed by atoms with E-state index in [1.165, 1.54) is 10.6 Å². The molecule has 1 fully saturated rings. The summed E-state index contributed by atoms with van der Waals surface area (Å²) in [6.07, 6.45) is 4.45. The molecule has 2 aromatic rings. The van der Waals surface area contributed by atoms with Gasteiger partial charge in [-0.2, -0.15) is 0 Å². The van der Waals surface area contributed by atoms with Crippen molar-refractivity contribution >= 4 is 16.0 Å². The fourth-order valence-electron chi connectivity index (χ4n) is 3.24. The van der Waals surface area contributed by atoms with Gasteiger partial charge in [0.05, 0.1) is 17.5 Å². The molecule has 1 aliphatic heterocycles. The zero-order valence-electron chi connectivity index (χ0n) is 13.9. The summed E-state index contributed by atoms with van der Waals surface area (Å²) in [5, 5.41) is 9.18. The highest BCUT2D eigenvalue weighted by Crippen LogP contribution is 2.28. The van der Waals surface area contributed by atoms with Crippen LogP contribution in [0.1, 0.15) is 22.3 Å². The van der Waals surface area contributed by atoms with Crippen LogP contribution in [0.2, 0.25) is 0 Å². The molecule has 0 aliphatic carbocycles. The lowest BCUT2D eigenvalue weighted by atomic mass is 9.94. The highest BCUT2D eigenvalue weighted by atomic mass is 32.2. The minimum atomic E-state index is -3.15. The zero-order valence-corrected chi connectivity index (χ0v) is 14.7. The van der Waals surface area contributed by atoms with Crippen LogP contribution < -0.4 is 0 Å². The van der Waals surface area contributed by atoms with Crippen molar-refractivity contribution in [2.24, 2.45) is 5.92 Å². The highest BCUT2D eigenvalue weighted by molar-refractivity contribution is 7.88. The number of hydrogen-bond donors (Lipinski definition) is 1. The summed E-state index contributed by atoms with van der Waals surface area (Å²) in [4.78, 5) is 15.6. The van der Waals surface area contributed by atoms with Crippen LogP contribution in [-0.2, 0) is 16.4 Å². The minimum absolute atomic E-state index is 0.221. The van der Waals surface area contributed by atoms with Crippen LogP contribution in [0.3, 0.4) is 0 Å². The van der Waals surface area contributed by atoms with Crippen molar-refractivity contribution in [1.29, 1.82) is 0 Å². The van der Waals surface area contributed by atoms with Gasteiger partial charge in [-0.15, -0.1) is 0 Å². The molecule has 0 bridgehead atoms. The number of carboxylic acids is 1. The third-order valence-electron chi connectivity index (χ3n) is 4.50. The van der Waals surface area contributed by atoms with Crippen LogP contribution in [0.25, 0.3) is 11.3 Å². The number of rotatable bonds is 5. The van der Waals surface area contributed by atoms with E-state index in [0.29, 0.717) is 19.5 Å². The Morgan fingerprint density at radius 2 is 2.12 bits per heavy atom. The topological polar surface area (TPSA) is 87.6 Å². The first-order valence-corrected chi connectivity index (χ1v) is 9.92. The first-order chi connectivity index (χ1) is 11.8. The third kappa shape index (κ3) is 4.05. The Kier molecular flexibility index (Phi) is 4.87. The van der Waals surface area contributed by atoms with Crippen molar-refractivity contribution in [1.82, 2.24) is 9.29 Å². The van der Waals surface area contributed by atoms with Gasteiger partial charge in [0.15, 0.2) is 0 Å². The lowest BCUT2D eigenvalue weighted by molar-refractivity contribution is 0.0697. The number of nitrogens with zero attached hydrogens (tertiary/aromatic N) is 2. The summed E-state index contributed by atoms with van der Waals surface area (Å²) in [5.74, 6) is -0.737. The van der Waals surface area contributed by atoms with Gasteiger partial charge in [0.25, 0.3) is 0 Å². The smallest absolute Gasteiger partial charge is 0.335 e. The first-order valence-electron chi connectivity index (χ1n) is 8.07. The van der Waals surface area contributed by atoms with Crippen molar-refractivity contribution < 1.29 is 18.3 Å². The van der Waals surface area contributed by atoms with E-state index in [1.54, 1.807) is 24.4 Å². The number of benzene rings is 1. The maximum absolute atomic E-state index is 11.7. The zero-order chi connectivity index (χ0) is 18.0. The van der Waals surface area contributed by atoms with Crippen LogP contribution in [0, 0.1) is 5.92 Å². The normalized spacial score (nSPS) is 18.4. The fourth-order valence-corrected chi connectivity index (χ4v) is 4.16. The molecule has 0 radical (unpaired) electrons. The number of carboxylic acid groups (broad SMARTS) is 1. The monoisotopic (exact) mass is 360 g/mol. The summed E-state index contributed by atoms with van der Waals surface area (Å²) >= 11 is 0. The van der Waals surface area contributed by atoms with Crippen molar-refractivity contribution in [3.8, 4) is 11.3 Å². The van der Waals surface area contributed by atoms with Gasteiger partial charge in [0.2, 0.25) is 10.0 Å². The van der Waals surface area contributed by atoms with E-state index in [9.17, 15) is 18.3 Å². The standard InChI is InChI=1S/C18H20N2O4S/c1-25(23,24)20-9-7-13(12-20)10-14-6-3-8-19-17(14)15-4-2-5-16(11-15)18(21)22/h2-6,8,11,13H,7,9-10,12H2,1H3,(H,21,22). The van der Waals surface area contributed by atoms with E-state index in [0.717, 1.165) is 23.2 Å². The van der Waals surface area contributed by atoms with E-state index in [1.807, 2.05) is 18.2 Å². The molecular weight excluding hydrogens is 340 g/mol. The number of sulfonamides is 1. The minimum Gasteiger partial charge on any atom is -0.478 e. The molecule has 0 saturated carbocycles. The molecule has 1 N–H and O–H groups in total. The lowest BCUT2D eigenvalue weighted by Gasteiger charge is -2.15. The van der Waals surface area contributed by atoms with E-state index in [2.05, 4.69) is 4.98 Å². The predicted molar refractivity (Wildman–Crippen MR) is 94.9 cm³/mol. The van der Waals surface area contributed by atoms with Crippen molar-refractivity contribution in [3.63, 3.8) is 0 Å². The van der Waals surface area contributed by atoms with Crippen LogP contribution in [0.15, 0.2) is 42.6 Å². The molecule has 1 saturated heterocycles. The third-order valence-corrected chi connectivity index (χ3v) is 5.77. The molecular formula is C18H20N2O4S. The Bertz CT molecular complexity index is 895. The summed E-state index contributed by atoms with van der Waals surface area (Å²) in [7, 11) is -3.15. The van der Waals surface area contributed by atoms with Gasteiger partial charge in [-0.1, -0.05) is 18.2 Å². The van der Waals surface area contributed by atoms with Crippen LogP contribution in [0.5, 0.6) is 0 Å². The second-order valence-electron chi connectivity index (χ2n) is 6.38. The average molecular weight is 360 g/mol. The van der Waals surface area contributed by atoms with Crippen molar-refractivity contribution in [2.75, 3.05) is 19.3 Å². The molecule has 2 heterocycles. The maximum atomic E-state index is 11.7. The number of hydrogen-bond acceptors (Lipinski definition) is 4. The molecule has 0 spiro atoms. The van der Waals surface area contributed by atoms with Crippen LogP contribution >= 0.6 is 0 Å². The largest absolute Gasteiger partial charge is 0.478 e. The maximum Gasteiger partial charge on any atom is 0.335 e. The van der Waals surface area contributed by atoms with E-state index < -0.39 is 16.0 Å². The Balaban J connectivity index is 1.85. The molecule has 3 rings (SSSR count). The van der Waals surface area contributed by atoms with E-state index in [-0.39, 0.29) is 11.5 Å². The van der Waals surface area contributed by atoms with Crippen molar-refractivity contribution in [3.05, 3.63) is 53.7 Å². The van der Waals surface area contributed by atoms with Gasteiger partial charge >= 0.3 is 5.97 Å². The number of carbonyl (C=O) groups is 1. The van der Waals surface area contributed by atoms with Crippen LogP contribution in [-0.4, -0.2) is 48.1 Å². The first kappa shape index (κ1) is 17.6. The number of pyridine rings is 1. The Hall–Kier alpha value is -2.25. The SMILES string of the molecule is CS(=O)(=O)N1CCC(Cc2cccnc2-c2cccc(C(=O)O)c2)C1. The average Bonchev–Trinajstić information content (AvgIpc) is 3.04. The Morgan fingerprint density at radius 1 is 1.32 bits per heavy atom. The highest BCUT2D eigenvalue weighted by Gasteiger charge is 2.29. The Labute approximate surface area is 147 Å². The van der Waals surface area contributed by atoms with Gasteiger partial charge in [-0.05, 0) is 42.5 Å². The predicted octanol–water partition coefficient (Wildman–Crippen LogP) is 2.27. The molecule has 1 atom stereocenters. The molecule has 1 aromatic carbocycles. The molecule has 1 unspecified atom stereocenters. The molecule has 132 valence electrons. The molecule has 25 heavy (non-hydrogen) atoms. The van der Waals surface area contributed by atoms with Gasteiger partial charge in [-0.3, -0.25) is 4.98 Å². The fraction of sp³-hybridized carbons (Fsp3) is 0.333. The van der Waals surface area contributed by atoms with Gasteiger partial charge in [0.1, 0.15) is 0 Å². The quantitative estimate of drug-likeness (QED) is 0.884. The van der Waals surface area contributed by atoms with Gasteiger partial charge in [0, 0.05) is 24.8 Å². The van der Waals surface area contributed by atoms with Crippen LogP contribution in [0.4, 0.5) is 0 Å². The summed E-state index contributed by atoms with van der Waals surface area (Å²) < 4.78 is 24.9. The lowest BCUT2D eigenvalue weighted by Crippen LogP contribution is -2.27. The van der Waals surface area contributed by atoms with Gasteiger partial charge in [-0.25, -0.2) is 17.5 Å². The second kappa shape index (κ2) is 6.93. The molecule has 7 heteroatoms. The molecule has 0 amide bonds. The molecule has 1 aromatic heterocycles. The van der Waals surface area contributed by atoms with Crippen molar-refractivity contribution in [2.45, 2.75) is 12.8 Å². The second-order valence-corrected chi connectivity index (χ2v) is 8.36. The number of aromatic nitrogens is 1. The molecule has 6 nitrogen and oxygen atoms in total. The van der Waals surface area contributed by atoms with E-state index >= 15 is 0 Å². The summed E-state index contributed by atoms with van der Waals surface area (Å²) in [6, 6.07) is 10.5.